The second-order valence-corrected chi connectivity index (χ2v) is 2.51. The second kappa shape index (κ2) is 1.95. The molecule has 1 aromatic heterocycles. The summed E-state index contributed by atoms with van der Waals surface area (Å²) in [5.74, 6) is 0. The Morgan fingerprint density at radius 3 is 3.18 bits per heavy atom. The highest BCUT2D eigenvalue weighted by Crippen LogP contribution is 2.07. The number of fused-ring (bicyclic) bond motifs is 1. The van der Waals surface area contributed by atoms with E-state index in [1.807, 2.05) is 19.1 Å². The van der Waals surface area contributed by atoms with Crippen LogP contribution in [0.5, 0.6) is 0 Å². The Kier molecular flexibility index (Phi) is 1.09. The van der Waals surface area contributed by atoms with E-state index in [0.29, 0.717) is 10.4 Å². The Hall–Kier alpha value is -1.58. The predicted octanol–water partition coefficient (Wildman–Crippen LogP) is 0.505. The Balaban J connectivity index is 2.87. The first kappa shape index (κ1) is 6.15. The van der Waals surface area contributed by atoms with Crippen molar-refractivity contribution in [3.63, 3.8) is 0 Å². The van der Waals surface area contributed by atoms with Gasteiger partial charge in [0, 0.05) is 0 Å². The molecule has 0 spiro atoms. The van der Waals surface area contributed by atoms with E-state index < -0.39 is 0 Å². The third-order valence-corrected chi connectivity index (χ3v) is 1.62. The molecule has 2 rings (SSSR count). The van der Waals surface area contributed by atoms with Crippen molar-refractivity contribution in [1.82, 2.24) is 10.3 Å². The fraction of sp³-hybridized carbons (Fsp3) is 0.143. The van der Waals surface area contributed by atoms with Gasteiger partial charge in [-0.25, -0.2) is 0 Å². The molecule has 0 amide bonds. The number of aromatic nitrogens is 3. The number of aromatic amines is 1. The summed E-state index contributed by atoms with van der Waals surface area (Å²) in [6.45, 7) is 1.94. The van der Waals surface area contributed by atoms with E-state index in [1.54, 1.807) is 6.07 Å². The van der Waals surface area contributed by atoms with Gasteiger partial charge in [0.1, 0.15) is 0 Å². The van der Waals surface area contributed by atoms with E-state index >= 15 is 0 Å². The molecular formula is C7H7N3O. The topological polar surface area (TPSA) is 55.6 Å². The summed E-state index contributed by atoms with van der Waals surface area (Å²) in [6, 6.07) is 5.57. The van der Waals surface area contributed by atoms with Crippen LogP contribution in [0.25, 0.3) is 11.0 Å². The van der Waals surface area contributed by atoms with E-state index in [0.717, 1.165) is 11.1 Å². The summed E-state index contributed by atoms with van der Waals surface area (Å²) < 4.78 is 0. The summed E-state index contributed by atoms with van der Waals surface area (Å²) in [5, 5.41) is 17.0. The van der Waals surface area contributed by atoms with E-state index in [2.05, 4.69) is 10.3 Å². The Morgan fingerprint density at radius 1 is 1.55 bits per heavy atom. The fourth-order valence-electron chi connectivity index (χ4n) is 1.05. The molecule has 0 saturated heterocycles. The minimum atomic E-state index is 0.586. The number of benzene rings is 1. The number of nitrogens with zero attached hydrogens (tertiary/aromatic N) is 2. The minimum Gasteiger partial charge on any atom is -0.691 e. The molecule has 0 saturated carbocycles. The van der Waals surface area contributed by atoms with E-state index in [-0.39, 0.29) is 0 Å². The molecule has 0 aliphatic rings. The standard InChI is InChI=1S/C7H7N3O/c1-5-2-3-6-7(4-5)10(11)9-8-6/h2-4,8H,1H3. The molecule has 4 nitrogen and oxygen atoms in total. The minimum absolute atomic E-state index is 0.586. The molecule has 0 radical (unpaired) electrons. The van der Waals surface area contributed by atoms with Gasteiger partial charge in [0.2, 0.25) is 5.52 Å². The van der Waals surface area contributed by atoms with Gasteiger partial charge in [0.05, 0.1) is 5.21 Å². The maximum absolute atomic E-state index is 10.9. The van der Waals surface area contributed by atoms with E-state index in [9.17, 15) is 5.21 Å². The van der Waals surface area contributed by atoms with Gasteiger partial charge in [-0.1, -0.05) is 6.07 Å². The number of rotatable bonds is 0. The average Bonchev–Trinajstić information content (AvgIpc) is 2.33. The molecule has 4 heteroatoms. The van der Waals surface area contributed by atoms with Gasteiger partial charge in [0.15, 0.2) is 5.52 Å². The molecule has 11 heavy (non-hydrogen) atoms. The summed E-state index contributed by atoms with van der Waals surface area (Å²) in [4.78, 5) is 0.586. The zero-order chi connectivity index (χ0) is 7.84. The number of aryl methyl sites for hydroxylation is 1. The Morgan fingerprint density at radius 2 is 2.36 bits per heavy atom. The van der Waals surface area contributed by atoms with Crippen LogP contribution in [0.15, 0.2) is 18.2 Å². The first-order chi connectivity index (χ1) is 5.27. The van der Waals surface area contributed by atoms with Crippen molar-refractivity contribution in [3.05, 3.63) is 29.0 Å². The van der Waals surface area contributed by atoms with Crippen molar-refractivity contribution in [2.75, 3.05) is 0 Å². The van der Waals surface area contributed by atoms with Crippen LogP contribution in [0.2, 0.25) is 0 Å². The Labute approximate surface area is 63.0 Å². The molecule has 2 aromatic rings. The third-order valence-electron chi connectivity index (χ3n) is 1.62. The van der Waals surface area contributed by atoms with Crippen LogP contribution in [0.3, 0.4) is 0 Å². The van der Waals surface area contributed by atoms with Gasteiger partial charge >= 0.3 is 0 Å². The first-order valence-corrected chi connectivity index (χ1v) is 3.32. The fourth-order valence-corrected chi connectivity index (χ4v) is 1.05. The lowest BCUT2D eigenvalue weighted by atomic mass is 10.2. The number of hydrogen-bond acceptors (Lipinski definition) is 2. The highest BCUT2D eigenvalue weighted by Gasteiger charge is 2.04. The predicted molar refractivity (Wildman–Crippen MR) is 39.8 cm³/mol. The number of nitrogens with one attached hydrogen (secondary N) is 1. The maximum atomic E-state index is 10.9. The van der Waals surface area contributed by atoms with Gasteiger partial charge in [0.25, 0.3) is 0 Å². The van der Waals surface area contributed by atoms with Gasteiger partial charge in [-0.05, 0) is 24.6 Å². The van der Waals surface area contributed by atoms with Crippen LogP contribution in [-0.2, 0) is 0 Å². The normalized spacial score (nSPS) is 10.6. The summed E-state index contributed by atoms with van der Waals surface area (Å²) in [7, 11) is 0. The van der Waals surface area contributed by atoms with Crippen LogP contribution in [0.4, 0.5) is 0 Å². The lowest BCUT2D eigenvalue weighted by molar-refractivity contribution is -0.644. The highest BCUT2D eigenvalue weighted by atomic mass is 16.5. The quantitative estimate of drug-likeness (QED) is 0.438. The highest BCUT2D eigenvalue weighted by molar-refractivity contribution is 5.70. The molecular weight excluding hydrogens is 142 g/mol. The third kappa shape index (κ3) is 0.832. The van der Waals surface area contributed by atoms with Crippen molar-refractivity contribution in [2.24, 2.45) is 0 Å². The van der Waals surface area contributed by atoms with Crippen LogP contribution in [-0.4, -0.2) is 10.3 Å². The van der Waals surface area contributed by atoms with E-state index in [4.69, 9.17) is 0 Å². The summed E-state index contributed by atoms with van der Waals surface area (Å²) >= 11 is 0. The zero-order valence-electron chi connectivity index (χ0n) is 6.03. The first-order valence-electron chi connectivity index (χ1n) is 3.32. The monoisotopic (exact) mass is 149 g/mol. The molecule has 0 bridgehead atoms. The number of H-pyrrole nitrogens is 1. The number of hydrogen-bond donors (Lipinski definition) is 1. The van der Waals surface area contributed by atoms with Crippen molar-refractivity contribution >= 4 is 11.0 Å². The van der Waals surface area contributed by atoms with Crippen molar-refractivity contribution in [1.29, 1.82) is 0 Å². The molecule has 0 aliphatic heterocycles. The van der Waals surface area contributed by atoms with Gasteiger partial charge < -0.3 is 5.21 Å². The molecule has 1 heterocycles. The maximum Gasteiger partial charge on any atom is 0.202 e. The smallest absolute Gasteiger partial charge is 0.202 e. The van der Waals surface area contributed by atoms with Crippen LogP contribution < -0.4 is 4.85 Å². The SMILES string of the molecule is Cc1ccc2[nH]n[n+]([O-])c2c1. The van der Waals surface area contributed by atoms with Crippen molar-refractivity contribution < 1.29 is 4.85 Å². The largest absolute Gasteiger partial charge is 0.691 e. The molecule has 1 N–H and O–H groups in total. The lowest BCUT2D eigenvalue weighted by Crippen LogP contribution is -2.27. The van der Waals surface area contributed by atoms with Gasteiger partial charge in [-0.2, -0.15) is 0 Å². The van der Waals surface area contributed by atoms with Crippen LogP contribution >= 0.6 is 0 Å². The molecule has 0 fully saturated rings. The summed E-state index contributed by atoms with van der Waals surface area (Å²) in [6.07, 6.45) is 0. The van der Waals surface area contributed by atoms with Gasteiger partial charge in [-0.3, -0.25) is 0 Å². The summed E-state index contributed by atoms with van der Waals surface area (Å²) in [5.41, 5.74) is 2.42. The average molecular weight is 149 g/mol. The lowest BCUT2D eigenvalue weighted by Gasteiger charge is -1.92. The Bertz CT molecular complexity index is 393. The van der Waals surface area contributed by atoms with E-state index in [1.165, 1.54) is 0 Å². The molecule has 0 atom stereocenters. The van der Waals surface area contributed by atoms with Crippen LogP contribution in [0, 0.1) is 12.1 Å². The van der Waals surface area contributed by atoms with Crippen LogP contribution in [0.1, 0.15) is 5.56 Å². The molecule has 1 aromatic carbocycles. The zero-order valence-corrected chi connectivity index (χ0v) is 6.03. The molecule has 0 unspecified atom stereocenters. The molecule has 56 valence electrons. The van der Waals surface area contributed by atoms with Crippen molar-refractivity contribution in [2.45, 2.75) is 6.92 Å². The second-order valence-electron chi connectivity index (χ2n) is 2.51. The van der Waals surface area contributed by atoms with Crippen molar-refractivity contribution in [3.8, 4) is 0 Å². The molecule has 0 aliphatic carbocycles. The van der Waals surface area contributed by atoms with Gasteiger partial charge in [-0.15, -0.1) is 9.94 Å².